The Labute approximate surface area is 125 Å². The highest BCUT2D eigenvalue weighted by Crippen LogP contribution is 2.26. The first-order chi connectivity index (χ1) is 8.77. The van der Waals surface area contributed by atoms with Crippen molar-refractivity contribution in [1.29, 1.82) is 0 Å². The van der Waals surface area contributed by atoms with E-state index in [1.54, 1.807) is 0 Å². The molecule has 1 nitrogen and oxygen atoms in total. The Morgan fingerprint density at radius 2 is 1.89 bits per heavy atom. The number of nitrogens with zero attached hydrogens (tertiary/aromatic N) is 1. The molecule has 108 valence electrons. The van der Waals surface area contributed by atoms with Gasteiger partial charge >= 0.3 is 0 Å². The number of hydrogen-bond acceptors (Lipinski definition) is 1. The zero-order chi connectivity index (χ0) is 15.0. The van der Waals surface area contributed by atoms with Crippen molar-refractivity contribution in [1.82, 2.24) is 0 Å². The van der Waals surface area contributed by atoms with E-state index < -0.39 is 0 Å². The molecule has 0 aliphatic rings. The van der Waals surface area contributed by atoms with E-state index in [4.69, 9.17) is 0 Å². The van der Waals surface area contributed by atoms with Gasteiger partial charge in [0.05, 0.1) is 0 Å². The van der Waals surface area contributed by atoms with Crippen molar-refractivity contribution in [3.05, 3.63) is 28.0 Å². The highest BCUT2D eigenvalue weighted by Gasteiger charge is 2.05. The Kier molecular flexibility index (Phi) is 8.90. The first kappa shape index (κ1) is 18.3. The predicted molar refractivity (Wildman–Crippen MR) is 87.0 cm³/mol. The molecule has 0 unspecified atom stereocenters. The molecule has 19 heavy (non-hydrogen) atoms. The molecule has 0 aliphatic carbocycles. The molecular weight excluding hydrogens is 305 g/mol. The minimum Gasteiger partial charge on any atom is -0.255 e. The van der Waals surface area contributed by atoms with Crippen LogP contribution in [0.1, 0.15) is 53.0 Å². The summed E-state index contributed by atoms with van der Waals surface area (Å²) in [5.41, 5.74) is 2.13. The third-order valence-electron chi connectivity index (χ3n) is 2.42. The fraction of sp³-hybridized carbons (Fsp3) is 0.562. The highest BCUT2D eigenvalue weighted by molar-refractivity contribution is 9.10. The van der Waals surface area contributed by atoms with Crippen LogP contribution in [-0.2, 0) is 0 Å². The van der Waals surface area contributed by atoms with E-state index in [-0.39, 0.29) is 5.82 Å². The van der Waals surface area contributed by atoms with Gasteiger partial charge in [0, 0.05) is 10.2 Å². The van der Waals surface area contributed by atoms with Gasteiger partial charge in [-0.25, -0.2) is 4.39 Å². The predicted octanol–water partition coefficient (Wildman–Crippen LogP) is 6.45. The Morgan fingerprint density at radius 1 is 1.32 bits per heavy atom. The number of aryl methyl sites for hydroxylation is 1. The van der Waals surface area contributed by atoms with E-state index >= 15 is 0 Å². The molecule has 0 saturated carbocycles. The van der Waals surface area contributed by atoms with E-state index in [0.717, 1.165) is 21.7 Å². The average Bonchev–Trinajstić information content (AvgIpc) is 2.23. The van der Waals surface area contributed by atoms with E-state index in [1.165, 1.54) is 18.9 Å². The maximum absolute atomic E-state index is 13.3. The first-order valence-electron chi connectivity index (χ1n) is 6.75. The molecule has 0 fully saturated rings. The third kappa shape index (κ3) is 8.14. The maximum atomic E-state index is 13.3. The van der Waals surface area contributed by atoms with Crippen molar-refractivity contribution >= 4 is 27.3 Å². The van der Waals surface area contributed by atoms with Crippen LogP contribution < -0.4 is 0 Å². The Balaban J connectivity index is 0.000000459. The summed E-state index contributed by atoms with van der Waals surface area (Å²) in [6.45, 7) is 12.3. The van der Waals surface area contributed by atoms with Gasteiger partial charge in [-0.1, -0.05) is 49.5 Å². The lowest BCUT2D eigenvalue weighted by atomic mass is 10.1. The summed E-state index contributed by atoms with van der Waals surface area (Å²) >= 11 is 3.22. The summed E-state index contributed by atoms with van der Waals surface area (Å²) in [5.74, 6) is 0.614. The number of rotatable bonds is 3. The van der Waals surface area contributed by atoms with Crippen molar-refractivity contribution in [2.75, 3.05) is 0 Å². The minimum absolute atomic E-state index is 0.284. The van der Waals surface area contributed by atoms with Crippen molar-refractivity contribution in [2.45, 2.75) is 54.4 Å². The van der Waals surface area contributed by atoms with Gasteiger partial charge in [-0.2, -0.15) is 0 Å². The third-order valence-corrected chi connectivity index (χ3v) is 2.88. The summed E-state index contributed by atoms with van der Waals surface area (Å²) in [4.78, 5) is 4.12. The van der Waals surface area contributed by atoms with Gasteiger partial charge < -0.3 is 0 Å². The van der Waals surface area contributed by atoms with E-state index in [0.29, 0.717) is 5.69 Å². The molecule has 0 aromatic heterocycles. The van der Waals surface area contributed by atoms with Crippen molar-refractivity contribution in [3.8, 4) is 0 Å². The second-order valence-corrected chi connectivity index (χ2v) is 6.21. The van der Waals surface area contributed by atoms with Gasteiger partial charge in [0.25, 0.3) is 0 Å². The number of benzene rings is 1. The largest absolute Gasteiger partial charge is 0.255 e. The summed E-state index contributed by atoms with van der Waals surface area (Å²) in [6, 6.07) is 3.28. The van der Waals surface area contributed by atoms with E-state index in [9.17, 15) is 4.39 Å². The van der Waals surface area contributed by atoms with Crippen molar-refractivity contribution in [3.63, 3.8) is 0 Å². The molecule has 0 heterocycles. The van der Waals surface area contributed by atoms with Crippen molar-refractivity contribution in [2.24, 2.45) is 10.9 Å². The molecule has 0 bridgehead atoms. The van der Waals surface area contributed by atoms with Crippen LogP contribution in [0.25, 0.3) is 0 Å². The monoisotopic (exact) mass is 329 g/mol. The molecule has 0 saturated heterocycles. The second kappa shape index (κ2) is 9.24. The molecule has 3 heteroatoms. The Hall–Kier alpha value is -0.700. The van der Waals surface area contributed by atoms with Gasteiger partial charge in [0.1, 0.15) is 11.5 Å². The lowest BCUT2D eigenvalue weighted by molar-refractivity contribution is 0.576. The van der Waals surface area contributed by atoms with Gasteiger partial charge in [0.2, 0.25) is 0 Å². The zero-order valence-electron chi connectivity index (χ0n) is 12.8. The zero-order valence-corrected chi connectivity index (χ0v) is 14.4. The van der Waals surface area contributed by atoms with Crippen LogP contribution in [0.15, 0.2) is 21.6 Å². The van der Waals surface area contributed by atoms with Crippen LogP contribution >= 0.6 is 15.9 Å². The minimum atomic E-state index is -0.284. The Bertz CT molecular complexity index is 398. The Morgan fingerprint density at radius 3 is 2.21 bits per heavy atom. The first-order valence-corrected chi connectivity index (χ1v) is 7.54. The standard InChI is InChI=1S/C10H11BrFN.C6H14/c1-6(2)13-10-7(3)4-8(11)5-9(10)12;1-4-5-6(2)3/h4-5H,1-3H3;6H,4-5H2,1-3H3. The summed E-state index contributed by atoms with van der Waals surface area (Å²) < 4.78 is 14.1. The van der Waals surface area contributed by atoms with Crippen LogP contribution in [0, 0.1) is 18.7 Å². The fourth-order valence-electron chi connectivity index (χ4n) is 1.64. The second-order valence-electron chi connectivity index (χ2n) is 5.29. The molecule has 0 aliphatic heterocycles. The smallest absolute Gasteiger partial charge is 0.150 e. The van der Waals surface area contributed by atoms with Gasteiger partial charge in [-0.15, -0.1) is 0 Å². The summed E-state index contributed by atoms with van der Waals surface area (Å²) in [5, 5.41) is 0. The van der Waals surface area contributed by atoms with E-state index in [1.807, 2.05) is 26.8 Å². The molecule has 0 N–H and O–H groups in total. The summed E-state index contributed by atoms with van der Waals surface area (Å²) in [7, 11) is 0. The maximum Gasteiger partial charge on any atom is 0.150 e. The topological polar surface area (TPSA) is 12.4 Å². The number of aliphatic imine (C=N–C) groups is 1. The van der Waals surface area contributed by atoms with Gasteiger partial charge in [-0.3, -0.25) is 4.99 Å². The van der Waals surface area contributed by atoms with Crippen LogP contribution in [0.5, 0.6) is 0 Å². The van der Waals surface area contributed by atoms with Crippen LogP contribution in [-0.4, -0.2) is 5.71 Å². The molecule has 0 amide bonds. The fourth-order valence-corrected chi connectivity index (χ4v) is 2.18. The molecule has 1 aromatic carbocycles. The number of halogens is 2. The highest BCUT2D eigenvalue weighted by atomic mass is 79.9. The average molecular weight is 330 g/mol. The number of hydrogen-bond donors (Lipinski definition) is 0. The lowest BCUT2D eigenvalue weighted by Crippen LogP contribution is -1.86. The molecule has 1 aromatic rings. The molecule has 0 atom stereocenters. The summed E-state index contributed by atoms with van der Waals surface area (Å²) in [6.07, 6.45) is 2.71. The van der Waals surface area contributed by atoms with Crippen LogP contribution in [0.2, 0.25) is 0 Å². The molecule has 1 rings (SSSR count). The van der Waals surface area contributed by atoms with Gasteiger partial charge in [0.15, 0.2) is 0 Å². The molecular formula is C16H25BrFN. The van der Waals surface area contributed by atoms with Crippen LogP contribution in [0.4, 0.5) is 10.1 Å². The molecule has 0 spiro atoms. The normalized spacial score (nSPS) is 9.95. The van der Waals surface area contributed by atoms with E-state index in [2.05, 4.69) is 41.7 Å². The van der Waals surface area contributed by atoms with Gasteiger partial charge in [-0.05, 0) is 44.4 Å². The lowest BCUT2D eigenvalue weighted by Gasteiger charge is -2.03. The molecule has 0 radical (unpaired) electrons. The van der Waals surface area contributed by atoms with Crippen LogP contribution in [0.3, 0.4) is 0 Å². The quantitative estimate of drug-likeness (QED) is 0.565. The van der Waals surface area contributed by atoms with Crippen molar-refractivity contribution < 1.29 is 4.39 Å². The SMILES string of the molecule is CC(C)=Nc1c(C)cc(Br)cc1F.CCCC(C)C.